The topological polar surface area (TPSA) is 44.8 Å². The highest BCUT2D eigenvalue weighted by molar-refractivity contribution is 6.18. The SMILES string of the molecule is CC1OCC(C)(OC(=O)CCCl)OC1C. The number of carbonyl (C=O) groups is 1. The number of esters is 1. The zero-order valence-corrected chi connectivity index (χ0v) is 10.0. The number of alkyl halides is 1. The molecule has 0 saturated carbocycles. The highest BCUT2D eigenvalue weighted by atomic mass is 35.5. The lowest BCUT2D eigenvalue weighted by molar-refractivity contribution is -0.308. The minimum atomic E-state index is -0.977. The minimum Gasteiger partial charge on any atom is -0.431 e. The van der Waals surface area contributed by atoms with Crippen molar-refractivity contribution < 1.29 is 19.0 Å². The molecule has 0 radical (unpaired) electrons. The second-order valence-electron chi connectivity index (χ2n) is 3.89. The molecule has 0 bridgehead atoms. The Morgan fingerprint density at radius 1 is 1.53 bits per heavy atom. The standard InChI is InChI=1S/C10H17ClO4/c1-7-8(2)14-10(3,6-13-7)15-9(12)4-5-11/h7-8H,4-6H2,1-3H3. The lowest BCUT2D eigenvalue weighted by Crippen LogP contribution is -2.50. The second kappa shape index (κ2) is 5.14. The molecule has 1 saturated heterocycles. The maximum atomic E-state index is 11.3. The molecule has 0 N–H and O–H groups in total. The van der Waals surface area contributed by atoms with Crippen LogP contribution >= 0.6 is 11.6 Å². The normalized spacial score (nSPS) is 36.3. The lowest BCUT2D eigenvalue weighted by Gasteiger charge is -2.39. The van der Waals surface area contributed by atoms with Crippen molar-refractivity contribution in [3.8, 4) is 0 Å². The van der Waals surface area contributed by atoms with E-state index in [0.29, 0.717) is 0 Å². The number of rotatable bonds is 3. The van der Waals surface area contributed by atoms with Crippen LogP contribution in [0.25, 0.3) is 0 Å². The fourth-order valence-corrected chi connectivity index (χ4v) is 1.52. The largest absolute Gasteiger partial charge is 0.431 e. The predicted octanol–water partition coefficient (Wildman–Crippen LogP) is 1.70. The molecule has 1 rings (SSSR count). The van der Waals surface area contributed by atoms with Crippen LogP contribution in [0.4, 0.5) is 0 Å². The number of hydrogen-bond donors (Lipinski definition) is 0. The molecule has 0 aromatic heterocycles. The number of hydrogen-bond acceptors (Lipinski definition) is 4. The van der Waals surface area contributed by atoms with Crippen molar-refractivity contribution in [2.24, 2.45) is 0 Å². The number of halogens is 1. The molecule has 3 atom stereocenters. The van der Waals surface area contributed by atoms with Crippen LogP contribution in [0.3, 0.4) is 0 Å². The summed E-state index contributed by atoms with van der Waals surface area (Å²) >= 11 is 5.44. The van der Waals surface area contributed by atoms with Crippen LogP contribution in [0.5, 0.6) is 0 Å². The van der Waals surface area contributed by atoms with Gasteiger partial charge in [0, 0.05) is 12.8 Å². The van der Waals surface area contributed by atoms with Crippen molar-refractivity contribution in [1.29, 1.82) is 0 Å². The van der Waals surface area contributed by atoms with Crippen molar-refractivity contribution in [3.63, 3.8) is 0 Å². The van der Waals surface area contributed by atoms with Gasteiger partial charge in [-0.2, -0.15) is 0 Å². The molecular weight excluding hydrogens is 220 g/mol. The molecule has 0 aromatic rings. The first kappa shape index (κ1) is 12.7. The van der Waals surface area contributed by atoms with Crippen molar-refractivity contribution in [2.45, 2.75) is 45.2 Å². The molecule has 1 heterocycles. The molecule has 3 unspecified atom stereocenters. The van der Waals surface area contributed by atoms with Gasteiger partial charge in [-0.15, -0.1) is 11.6 Å². The Morgan fingerprint density at radius 2 is 2.20 bits per heavy atom. The van der Waals surface area contributed by atoms with Gasteiger partial charge in [0.1, 0.15) is 6.61 Å². The van der Waals surface area contributed by atoms with Gasteiger partial charge in [0.2, 0.25) is 5.79 Å². The third kappa shape index (κ3) is 3.63. The van der Waals surface area contributed by atoms with Crippen molar-refractivity contribution >= 4 is 17.6 Å². The molecule has 0 amide bonds. The van der Waals surface area contributed by atoms with E-state index in [0.717, 1.165) is 0 Å². The van der Waals surface area contributed by atoms with E-state index in [9.17, 15) is 4.79 Å². The van der Waals surface area contributed by atoms with Gasteiger partial charge in [-0.05, 0) is 13.8 Å². The molecule has 1 aliphatic heterocycles. The molecule has 88 valence electrons. The molecular formula is C10H17ClO4. The molecule has 1 aliphatic rings. The smallest absolute Gasteiger partial charge is 0.309 e. The van der Waals surface area contributed by atoms with Crippen LogP contribution in [0.2, 0.25) is 0 Å². The Bertz CT molecular complexity index is 233. The molecule has 0 aromatic carbocycles. The summed E-state index contributed by atoms with van der Waals surface area (Å²) in [5.74, 6) is -1.09. The van der Waals surface area contributed by atoms with E-state index < -0.39 is 5.79 Å². The van der Waals surface area contributed by atoms with E-state index in [1.165, 1.54) is 0 Å². The maximum Gasteiger partial charge on any atom is 0.309 e. The zero-order valence-electron chi connectivity index (χ0n) is 9.29. The second-order valence-corrected chi connectivity index (χ2v) is 4.26. The van der Waals surface area contributed by atoms with E-state index in [1.807, 2.05) is 13.8 Å². The average Bonchev–Trinajstić information content (AvgIpc) is 2.12. The Kier molecular flexibility index (Phi) is 4.37. The molecule has 4 nitrogen and oxygen atoms in total. The van der Waals surface area contributed by atoms with Gasteiger partial charge in [-0.25, -0.2) is 0 Å². The van der Waals surface area contributed by atoms with Crippen LogP contribution in [-0.2, 0) is 19.0 Å². The van der Waals surface area contributed by atoms with Crippen molar-refractivity contribution in [3.05, 3.63) is 0 Å². The van der Waals surface area contributed by atoms with Gasteiger partial charge < -0.3 is 14.2 Å². The summed E-state index contributed by atoms with van der Waals surface area (Å²) in [4.78, 5) is 11.3. The van der Waals surface area contributed by atoms with E-state index in [1.54, 1.807) is 6.92 Å². The van der Waals surface area contributed by atoms with E-state index >= 15 is 0 Å². The van der Waals surface area contributed by atoms with Gasteiger partial charge in [-0.3, -0.25) is 4.79 Å². The van der Waals surface area contributed by atoms with Crippen LogP contribution in [0.1, 0.15) is 27.2 Å². The van der Waals surface area contributed by atoms with E-state index in [-0.39, 0.29) is 37.1 Å². The van der Waals surface area contributed by atoms with E-state index in [4.69, 9.17) is 25.8 Å². The van der Waals surface area contributed by atoms with Gasteiger partial charge >= 0.3 is 5.97 Å². The third-order valence-corrected chi connectivity index (χ3v) is 2.52. The Hall–Kier alpha value is -0.320. The number of carbonyl (C=O) groups excluding carboxylic acids is 1. The fourth-order valence-electron chi connectivity index (χ4n) is 1.36. The molecule has 0 aliphatic carbocycles. The zero-order chi connectivity index (χ0) is 11.5. The monoisotopic (exact) mass is 236 g/mol. The number of ether oxygens (including phenoxy) is 3. The summed E-state index contributed by atoms with van der Waals surface area (Å²) in [6.45, 7) is 5.76. The maximum absolute atomic E-state index is 11.3. The average molecular weight is 237 g/mol. The predicted molar refractivity (Wildman–Crippen MR) is 55.8 cm³/mol. The summed E-state index contributed by atoms with van der Waals surface area (Å²) in [5.41, 5.74) is 0. The summed E-state index contributed by atoms with van der Waals surface area (Å²) in [6, 6.07) is 0. The molecule has 15 heavy (non-hydrogen) atoms. The first-order valence-corrected chi connectivity index (χ1v) is 5.57. The van der Waals surface area contributed by atoms with Gasteiger partial charge in [-0.1, -0.05) is 0 Å². The Labute approximate surface area is 94.8 Å². The van der Waals surface area contributed by atoms with Crippen molar-refractivity contribution in [2.75, 3.05) is 12.5 Å². The highest BCUT2D eigenvalue weighted by Gasteiger charge is 2.38. The van der Waals surface area contributed by atoms with Crippen LogP contribution in [0, 0.1) is 0 Å². The van der Waals surface area contributed by atoms with Gasteiger partial charge in [0.15, 0.2) is 0 Å². The van der Waals surface area contributed by atoms with Crippen LogP contribution in [0.15, 0.2) is 0 Å². The summed E-state index contributed by atoms with van der Waals surface area (Å²) < 4.78 is 16.2. The first-order chi connectivity index (χ1) is 6.97. The highest BCUT2D eigenvalue weighted by Crippen LogP contribution is 2.24. The molecule has 0 spiro atoms. The third-order valence-electron chi connectivity index (χ3n) is 2.33. The Morgan fingerprint density at radius 3 is 2.73 bits per heavy atom. The summed E-state index contributed by atoms with van der Waals surface area (Å²) in [7, 11) is 0. The molecule has 1 fully saturated rings. The van der Waals surface area contributed by atoms with Crippen LogP contribution < -0.4 is 0 Å². The van der Waals surface area contributed by atoms with Crippen molar-refractivity contribution in [1.82, 2.24) is 0 Å². The van der Waals surface area contributed by atoms with Gasteiger partial charge in [0.05, 0.1) is 18.6 Å². The summed E-state index contributed by atoms with van der Waals surface area (Å²) in [6.07, 6.45) is 0.113. The minimum absolute atomic E-state index is 0.0183. The van der Waals surface area contributed by atoms with E-state index in [2.05, 4.69) is 0 Å². The molecule has 5 heteroatoms. The fraction of sp³-hybridized carbons (Fsp3) is 0.900. The Balaban J connectivity index is 2.49. The van der Waals surface area contributed by atoms with Gasteiger partial charge in [0.25, 0.3) is 0 Å². The van der Waals surface area contributed by atoms with Crippen LogP contribution in [-0.4, -0.2) is 36.5 Å². The first-order valence-electron chi connectivity index (χ1n) is 5.04. The quantitative estimate of drug-likeness (QED) is 0.553. The summed E-state index contributed by atoms with van der Waals surface area (Å²) in [5, 5.41) is 0. The lowest BCUT2D eigenvalue weighted by atomic mass is 10.2.